The van der Waals surface area contributed by atoms with Crippen LogP contribution in [0.3, 0.4) is 0 Å². The fourth-order valence-corrected chi connectivity index (χ4v) is 6.35. The first-order valence-corrected chi connectivity index (χ1v) is 11.6. The third-order valence-corrected chi connectivity index (χ3v) is 7.98. The predicted octanol–water partition coefficient (Wildman–Crippen LogP) is 2.30. The summed E-state index contributed by atoms with van der Waals surface area (Å²) in [4.78, 5) is 27.9. The SMILES string of the molecule is BC1(B)C2CC23CC(Oc2ccc(C(F)(F)F)cn2)C3N1C(=O)c1cccc(F)c1-c1ncccn1. The molecule has 6 nitrogen and oxygen atoms in total. The summed E-state index contributed by atoms with van der Waals surface area (Å²) in [5.74, 6) is -0.511. The summed E-state index contributed by atoms with van der Waals surface area (Å²) in [5, 5.41) is -0.519. The number of likely N-dealkylation sites (tertiary alicyclic amines) is 1. The van der Waals surface area contributed by atoms with Crippen molar-refractivity contribution in [2.45, 2.75) is 36.5 Å². The quantitative estimate of drug-likeness (QED) is 0.412. The molecular formula is C24H20B2F4N4O2. The average Bonchev–Trinajstić information content (AvgIpc) is 3.57. The predicted molar refractivity (Wildman–Crippen MR) is 126 cm³/mol. The number of halogens is 4. The number of piperidine rings is 1. The van der Waals surface area contributed by atoms with E-state index in [4.69, 9.17) is 4.74 Å². The highest BCUT2D eigenvalue weighted by Crippen LogP contribution is 2.75. The monoisotopic (exact) mass is 494 g/mol. The highest BCUT2D eigenvalue weighted by atomic mass is 19.4. The van der Waals surface area contributed by atoms with E-state index in [0.29, 0.717) is 6.42 Å². The lowest BCUT2D eigenvalue weighted by Crippen LogP contribution is -2.64. The molecule has 1 amide bonds. The van der Waals surface area contributed by atoms with Crippen LogP contribution in [-0.2, 0) is 6.18 Å². The van der Waals surface area contributed by atoms with Crippen LogP contribution in [0.2, 0.25) is 0 Å². The van der Waals surface area contributed by atoms with Gasteiger partial charge in [-0.1, -0.05) is 6.07 Å². The first kappa shape index (κ1) is 23.0. The smallest absolute Gasteiger partial charge is 0.417 e. The van der Waals surface area contributed by atoms with E-state index in [1.54, 1.807) is 17.0 Å². The third-order valence-electron chi connectivity index (χ3n) is 7.98. The number of amides is 1. The molecule has 2 saturated carbocycles. The molecule has 3 aliphatic rings. The summed E-state index contributed by atoms with van der Waals surface area (Å²) in [6, 6.07) is 7.74. The number of carbonyl (C=O) groups excluding carboxylic acids is 1. The second kappa shape index (κ2) is 7.54. The molecule has 1 saturated heterocycles. The molecule has 3 heterocycles. The number of carbonyl (C=O) groups is 1. The number of nitrogens with zero attached hydrogens (tertiary/aromatic N) is 4. The lowest BCUT2D eigenvalue weighted by atomic mass is 9.58. The average molecular weight is 494 g/mol. The van der Waals surface area contributed by atoms with Crippen molar-refractivity contribution in [3.05, 3.63) is 71.9 Å². The van der Waals surface area contributed by atoms with Crippen molar-refractivity contribution in [3.8, 4) is 17.3 Å². The van der Waals surface area contributed by atoms with Crippen LogP contribution in [0.1, 0.15) is 28.8 Å². The Kier molecular flexibility index (Phi) is 4.81. The summed E-state index contributed by atoms with van der Waals surface area (Å²) in [6.45, 7) is 0. The van der Waals surface area contributed by atoms with Gasteiger partial charge < -0.3 is 9.64 Å². The van der Waals surface area contributed by atoms with Crippen LogP contribution in [0.25, 0.3) is 11.4 Å². The van der Waals surface area contributed by atoms with E-state index in [2.05, 4.69) is 15.0 Å². The Morgan fingerprint density at radius 1 is 1.06 bits per heavy atom. The third kappa shape index (κ3) is 3.26. The van der Waals surface area contributed by atoms with Crippen molar-refractivity contribution in [3.63, 3.8) is 0 Å². The summed E-state index contributed by atoms with van der Waals surface area (Å²) < 4.78 is 59.7. The van der Waals surface area contributed by atoms with Crippen molar-refractivity contribution < 1.29 is 27.1 Å². The molecule has 2 aromatic heterocycles. The van der Waals surface area contributed by atoms with E-state index < -0.39 is 29.0 Å². The molecule has 0 N–H and O–H groups in total. The molecule has 2 aliphatic carbocycles. The van der Waals surface area contributed by atoms with Gasteiger partial charge in [0.1, 0.15) is 27.6 Å². The van der Waals surface area contributed by atoms with Crippen LogP contribution < -0.4 is 4.74 Å². The summed E-state index contributed by atoms with van der Waals surface area (Å²) in [5.41, 5.74) is -0.770. The van der Waals surface area contributed by atoms with Crippen LogP contribution >= 0.6 is 0 Å². The van der Waals surface area contributed by atoms with Gasteiger partial charge in [0.15, 0.2) is 5.82 Å². The molecule has 1 aromatic carbocycles. The molecule has 12 heteroatoms. The topological polar surface area (TPSA) is 68.2 Å². The van der Waals surface area contributed by atoms with Gasteiger partial charge in [0.05, 0.1) is 22.7 Å². The number of aromatic nitrogens is 3. The fraction of sp³-hybridized carbons (Fsp3) is 0.333. The van der Waals surface area contributed by atoms with Gasteiger partial charge in [0.2, 0.25) is 5.88 Å². The lowest BCUT2D eigenvalue weighted by molar-refractivity contribution is -0.137. The van der Waals surface area contributed by atoms with Crippen molar-refractivity contribution in [2.75, 3.05) is 0 Å². The number of hydrogen-bond donors (Lipinski definition) is 0. The molecule has 182 valence electrons. The Hall–Kier alpha value is -3.43. The number of pyridine rings is 1. The van der Waals surface area contributed by atoms with E-state index in [9.17, 15) is 22.4 Å². The van der Waals surface area contributed by atoms with Crippen LogP contribution in [0.15, 0.2) is 55.0 Å². The zero-order valence-corrected chi connectivity index (χ0v) is 19.5. The Balaban J connectivity index is 1.33. The minimum atomic E-state index is -4.49. The molecule has 1 spiro atoms. The zero-order chi connectivity index (χ0) is 25.5. The molecule has 36 heavy (non-hydrogen) atoms. The van der Waals surface area contributed by atoms with Crippen LogP contribution in [0.5, 0.6) is 5.88 Å². The minimum Gasteiger partial charge on any atom is -0.472 e. The maximum atomic E-state index is 15.0. The molecule has 4 atom stereocenters. The molecule has 3 fully saturated rings. The van der Waals surface area contributed by atoms with Crippen molar-refractivity contribution in [1.29, 1.82) is 0 Å². The fourth-order valence-electron chi connectivity index (χ4n) is 6.35. The van der Waals surface area contributed by atoms with Gasteiger partial charge in [-0.25, -0.2) is 19.3 Å². The maximum absolute atomic E-state index is 15.0. The first-order chi connectivity index (χ1) is 17.0. The van der Waals surface area contributed by atoms with Crippen molar-refractivity contribution in [2.24, 2.45) is 11.3 Å². The van der Waals surface area contributed by atoms with Gasteiger partial charge in [0.25, 0.3) is 5.91 Å². The Labute approximate surface area is 205 Å². The van der Waals surface area contributed by atoms with Crippen molar-refractivity contribution >= 4 is 21.6 Å². The van der Waals surface area contributed by atoms with Gasteiger partial charge in [-0.2, -0.15) is 13.2 Å². The van der Waals surface area contributed by atoms with E-state index >= 15 is 0 Å². The zero-order valence-electron chi connectivity index (χ0n) is 19.5. The van der Waals surface area contributed by atoms with E-state index in [0.717, 1.165) is 18.7 Å². The Bertz CT molecular complexity index is 1360. The molecule has 0 radical (unpaired) electrons. The Morgan fingerprint density at radius 3 is 2.47 bits per heavy atom. The molecule has 4 unspecified atom stereocenters. The van der Waals surface area contributed by atoms with E-state index in [-0.39, 0.29) is 46.1 Å². The standard InChI is InChI=1S/C24H20B2F4N4O2/c25-23(26)16-10-22(16)9-15(36-17-6-5-12(11-33-17)24(28,29)30)19(22)34(23)21(35)13-3-1-4-14(27)18(13)20-31-7-2-8-32-20/h1-8,11,15-16,19H,9-10,25-26H2. The number of benzene rings is 1. The van der Waals surface area contributed by atoms with Gasteiger partial charge in [0, 0.05) is 30.1 Å². The lowest BCUT2D eigenvalue weighted by Gasteiger charge is -2.50. The van der Waals surface area contributed by atoms with Gasteiger partial charge in [-0.15, -0.1) is 0 Å². The number of hydrogen-bond acceptors (Lipinski definition) is 5. The van der Waals surface area contributed by atoms with Crippen LogP contribution in [0, 0.1) is 17.2 Å². The highest BCUT2D eigenvalue weighted by molar-refractivity contribution is 6.42. The van der Waals surface area contributed by atoms with Crippen LogP contribution in [-0.4, -0.2) is 58.9 Å². The number of alkyl halides is 3. The minimum absolute atomic E-state index is 0.0368. The second-order valence-electron chi connectivity index (χ2n) is 10.2. The highest BCUT2D eigenvalue weighted by Gasteiger charge is 2.81. The van der Waals surface area contributed by atoms with Crippen molar-refractivity contribution in [1.82, 2.24) is 19.9 Å². The van der Waals surface area contributed by atoms with E-state index in [1.807, 2.05) is 15.7 Å². The summed E-state index contributed by atoms with van der Waals surface area (Å²) in [6.07, 6.45) is 0.402. The summed E-state index contributed by atoms with van der Waals surface area (Å²) in [7, 11) is 3.99. The van der Waals surface area contributed by atoms with Gasteiger partial charge in [-0.05, 0) is 48.4 Å². The first-order valence-electron chi connectivity index (χ1n) is 11.6. The largest absolute Gasteiger partial charge is 0.472 e. The van der Waals surface area contributed by atoms with Gasteiger partial charge >= 0.3 is 6.18 Å². The number of ether oxygens (including phenoxy) is 1. The molecule has 1 aliphatic heterocycles. The molecule has 3 aromatic rings. The number of rotatable bonds is 4. The molecular weight excluding hydrogens is 474 g/mol. The molecule has 6 rings (SSSR count). The van der Waals surface area contributed by atoms with E-state index in [1.165, 1.54) is 30.6 Å². The Morgan fingerprint density at radius 2 is 1.81 bits per heavy atom. The maximum Gasteiger partial charge on any atom is 0.417 e. The second-order valence-corrected chi connectivity index (χ2v) is 10.2. The summed E-state index contributed by atoms with van der Waals surface area (Å²) >= 11 is 0. The van der Waals surface area contributed by atoms with Gasteiger partial charge in [-0.3, -0.25) is 4.79 Å². The van der Waals surface area contributed by atoms with Crippen LogP contribution in [0.4, 0.5) is 17.6 Å². The molecule has 0 bridgehead atoms. The normalized spacial score (nSPS) is 27.6.